The van der Waals surface area contributed by atoms with Crippen molar-refractivity contribution in [1.82, 2.24) is 4.57 Å². The first-order chi connectivity index (χ1) is 35.7. The van der Waals surface area contributed by atoms with Crippen LogP contribution in [0.2, 0.25) is 0 Å². The number of rotatable bonds is 5. The highest BCUT2D eigenvalue weighted by Gasteiger charge is 2.89. The van der Waals surface area contributed by atoms with E-state index in [4.69, 9.17) is 0 Å². The third-order valence-electron chi connectivity index (χ3n) is 25.4. The number of aromatic nitrogens is 1. The van der Waals surface area contributed by atoms with Gasteiger partial charge in [0.25, 0.3) is 5.56 Å². The fourth-order valence-electron chi connectivity index (χ4n) is 25.2. The molecule has 1 aliphatic heterocycles. The van der Waals surface area contributed by atoms with E-state index in [2.05, 4.69) is 193 Å². The number of hydrogen-bond acceptors (Lipinski definition) is 1. The van der Waals surface area contributed by atoms with Gasteiger partial charge < -0.3 is 0 Å². The molecule has 0 N–H and O–H groups in total. The summed E-state index contributed by atoms with van der Waals surface area (Å²) < 4.78 is 2.80. The van der Waals surface area contributed by atoms with Crippen LogP contribution in [0.25, 0.3) is 0 Å². The lowest BCUT2D eigenvalue weighted by molar-refractivity contribution is -0.000321. The van der Waals surface area contributed by atoms with Gasteiger partial charge in [0.1, 0.15) is 0 Å². The third kappa shape index (κ3) is 3.14. The van der Waals surface area contributed by atoms with Gasteiger partial charge in [-0.15, -0.1) is 0 Å². The van der Waals surface area contributed by atoms with Crippen molar-refractivity contribution in [2.45, 2.75) is 52.9 Å². The molecule has 0 amide bonds. The molecule has 0 spiro atoms. The molecule has 0 radical (unpaired) electrons. The number of benzene rings is 5. The van der Waals surface area contributed by atoms with Gasteiger partial charge in [-0.1, -0.05) is 194 Å². The fraction of sp³-hybridized carbons (Fsp3) is 0.357. The highest BCUT2D eigenvalue weighted by Crippen LogP contribution is 2.91. The van der Waals surface area contributed by atoms with Gasteiger partial charge >= 0.3 is 0 Å². The van der Waals surface area contributed by atoms with Gasteiger partial charge in [0.05, 0.1) is 11.0 Å². The molecule has 16 unspecified atom stereocenters. The molecule has 6 aromatic rings. The minimum Gasteiger partial charge on any atom is -0.297 e. The van der Waals surface area contributed by atoms with E-state index in [1.54, 1.807) is 27.9 Å². The smallest absolute Gasteiger partial charge is 0.256 e. The van der Waals surface area contributed by atoms with Gasteiger partial charge in [0.2, 0.25) is 0 Å². The molecule has 1 aromatic heterocycles. The zero-order chi connectivity index (χ0) is 46.1. The summed E-state index contributed by atoms with van der Waals surface area (Å²) in [6, 6.07) is 60.5. The molecule has 5 fully saturated rings. The van der Waals surface area contributed by atoms with Crippen LogP contribution in [0.3, 0.4) is 0 Å². The summed E-state index contributed by atoms with van der Waals surface area (Å²) in [6.07, 6.45) is 21.9. The van der Waals surface area contributed by atoms with E-state index >= 15 is 4.79 Å². The second kappa shape index (κ2) is 11.4. The number of hydrogen-bond donors (Lipinski definition) is 0. The summed E-state index contributed by atoms with van der Waals surface area (Å²) >= 11 is 0. The molecule has 0 saturated heterocycles. The number of nitrogens with zero attached hydrogens (tertiary/aromatic N) is 1. The number of fused-ring (bicyclic) bond motifs is 5. The molecule has 21 rings (SSSR count). The minimum atomic E-state index is -0.627. The van der Waals surface area contributed by atoms with Crippen LogP contribution in [0.4, 0.5) is 0 Å². The SMILES string of the molecule is O=c1c2c3c4c5n1[C@]1(c6ccccc6)C6=C7C8CCC6C6C=CC9C%10C=CC%11C%12C=CC%13C%14CCC8C(=C%14[C@@]3(c3ccccc3)C%13C%12[C@@]4(c3ccccc3)C%11C%10[C@@]5(c3ccccc3)C9C61)[C@]72c1ccccc1. The molecule has 2 heterocycles. The molecular weight excluding hydrogens is 871 g/mol. The maximum atomic E-state index is 18.7. The van der Waals surface area contributed by atoms with Crippen molar-refractivity contribution in [3.63, 3.8) is 0 Å². The van der Waals surface area contributed by atoms with E-state index < -0.39 is 16.4 Å². The predicted octanol–water partition coefficient (Wildman–Crippen LogP) is 12.6. The normalized spacial score (nSPS) is 47.6. The molecule has 15 aliphatic rings. The number of allylic oxidation sites excluding steroid dienone is 10. The van der Waals surface area contributed by atoms with Gasteiger partial charge in [-0.05, 0) is 170 Å². The predicted molar refractivity (Wildman–Crippen MR) is 279 cm³/mol. The van der Waals surface area contributed by atoms with Crippen molar-refractivity contribution in [2.24, 2.45) is 94.7 Å². The highest BCUT2D eigenvalue weighted by atomic mass is 16.1. The fourth-order valence-corrected chi connectivity index (χ4v) is 25.2. The van der Waals surface area contributed by atoms with Crippen molar-refractivity contribution < 1.29 is 0 Å². The second-order valence-corrected chi connectivity index (χ2v) is 26.0. The van der Waals surface area contributed by atoms with Crippen molar-refractivity contribution >= 4 is 0 Å². The Bertz CT molecular complexity index is 3810. The Balaban J connectivity index is 1.14. The van der Waals surface area contributed by atoms with Crippen LogP contribution in [-0.4, -0.2) is 4.57 Å². The van der Waals surface area contributed by atoms with Gasteiger partial charge in [-0.3, -0.25) is 9.36 Å². The quantitative estimate of drug-likeness (QED) is 0.158. The lowest BCUT2D eigenvalue weighted by Gasteiger charge is -2.68. The third-order valence-corrected chi connectivity index (χ3v) is 25.4. The average molecular weight is 926 g/mol. The largest absolute Gasteiger partial charge is 0.297 e. The van der Waals surface area contributed by atoms with Gasteiger partial charge in [0.15, 0.2) is 0 Å². The first kappa shape index (κ1) is 37.5. The standard InChI is InChI=1S/C70H55NO/c72-65-63-61-62-64-69(39-22-12-4-13-23-39)56-46-31-30-44-43-28-26-41-42-27-29-45-47-32-34-49-50-35-33-48(46)58(69)60(50)70(71(64)65,40-24-14-5-15-25-40)59(49)57(47)68(63,38-20-10-3-11-21-38)54(45)52(42)66(61,36-16-6-1-7-17-36)51(41)53(43)67(62,55(44)56)37-18-8-2-9-19-37/h1-26,28,30-31,33,35,41-51,53,55-56,58,60H,27,29,32,34H2/t41?,42?,43?,44?,45?,46?,47?,48?,49?,50?,51?,53?,55?,56?,58?,60?,66-,67+,68-,69+,70-/m1/s1. The van der Waals surface area contributed by atoms with Crippen LogP contribution in [0.5, 0.6) is 0 Å². The maximum absolute atomic E-state index is 18.7. The first-order valence-corrected chi connectivity index (χ1v) is 28.4. The second-order valence-electron chi connectivity index (χ2n) is 26.0. The van der Waals surface area contributed by atoms with E-state index in [1.807, 2.05) is 0 Å². The molecule has 72 heavy (non-hydrogen) atoms. The van der Waals surface area contributed by atoms with Crippen molar-refractivity contribution in [3.8, 4) is 0 Å². The topological polar surface area (TPSA) is 22.0 Å². The monoisotopic (exact) mass is 925 g/mol. The Kier molecular flexibility index (Phi) is 5.95. The summed E-state index contributed by atoms with van der Waals surface area (Å²) in [7, 11) is 0. The first-order valence-electron chi connectivity index (χ1n) is 28.4. The molecule has 346 valence electrons. The Morgan fingerprint density at radius 1 is 0.347 bits per heavy atom. The maximum Gasteiger partial charge on any atom is 0.256 e. The molecule has 11 bridgehead atoms. The summed E-state index contributed by atoms with van der Waals surface area (Å²) in [5.74, 6) is 5.93. The summed E-state index contributed by atoms with van der Waals surface area (Å²) in [4.78, 5) is 18.7. The molecule has 14 aliphatic carbocycles. The van der Waals surface area contributed by atoms with Crippen LogP contribution in [0, 0.1) is 94.7 Å². The van der Waals surface area contributed by atoms with Crippen molar-refractivity contribution in [3.05, 3.63) is 271 Å². The van der Waals surface area contributed by atoms with Crippen LogP contribution in [0.1, 0.15) is 75.9 Å². The Morgan fingerprint density at radius 2 is 0.764 bits per heavy atom. The van der Waals surface area contributed by atoms with E-state index in [1.165, 1.54) is 70.3 Å². The highest BCUT2D eigenvalue weighted by molar-refractivity contribution is 5.84. The summed E-state index contributed by atoms with van der Waals surface area (Å²) in [6.45, 7) is 0. The number of pyridine rings is 1. The van der Waals surface area contributed by atoms with Crippen molar-refractivity contribution in [2.75, 3.05) is 0 Å². The Hall–Kier alpha value is -6.25. The van der Waals surface area contributed by atoms with Gasteiger partial charge in [0, 0.05) is 33.4 Å². The van der Waals surface area contributed by atoms with E-state index in [0.717, 1.165) is 0 Å². The van der Waals surface area contributed by atoms with E-state index in [-0.39, 0.29) is 16.7 Å². The van der Waals surface area contributed by atoms with Crippen LogP contribution in [0.15, 0.2) is 215 Å². The minimum absolute atomic E-state index is 0.242. The average Bonchev–Trinajstić information content (AvgIpc) is 4.24. The zero-order valence-corrected chi connectivity index (χ0v) is 40.3. The summed E-state index contributed by atoms with van der Waals surface area (Å²) in [5.41, 5.74) is 18.1. The van der Waals surface area contributed by atoms with E-state index in [0.29, 0.717) is 94.3 Å². The molecule has 2 nitrogen and oxygen atoms in total. The molecule has 5 saturated carbocycles. The van der Waals surface area contributed by atoms with Gasteiger partial charge in [-0.25, -0.2) is 0 Å². The zero-order valence-electron chi connectivity index (χ0n) is 40.3. The Labute approximate surface area is 421 Å². The van der Waals surface area contributed by atoms with E-state index in [9.17, 15) is 0 Å². The Morgan fingerprint density at radius 3 is 1.35 bits per heavy atom. The molecule has 21 atom stereocenters. The van der Waals surface area contributed by atoms with Crippen molar-refractivity contribution in [1.29, 1.82) is 0 Å². The van der Waals surface area contributed by atoms with Gasteiger partial charge in [-0.2, -0.15) is 0 Å². The lowest BCUT2D eigenvalue weighted by atomic mass is 9.35. The van der Waals surface area contributed by atoms with Crippen LogP contribution < -0.4 is 5.56 Å². The molecule has 2 heteroatoms. The molecule has 5 aromatic carbocycles. The lowest BCUT2D eigenvalue weighted by Crippen LogP contribution is -2.70. The molecular formula is C70H55NO. The van der Waals surface area contributed by atoms with Crippen LogP contribution in [-0.2, 0) is 27.2 Å². The summed E-state index contributed by atoms with van der Waals surface area (Å²) in [5, 5.41) is 0. The van der Waals surface area contributed by atoms with Crippen LogP contribution >= 0.6 is 0 Å².